The van der Waals surface area contributed by atoms with Crippen molar-refractivity contribution in [3.8, 4) is 0 Å². The Hall–Kier alpha value is -2.20. The largest absolute Gasteiger partial charge is 0.480 e. The zero-order chi connectivity index (χ0) is 22.3. The molecule has 29 heavy (non-hydrogen) atoms. The standard InChI is InChI=1S/C19H34N4O6/c1-5-11(4)14(20)18(27)23-8-6-7-13(23)16(25)22-15(10(2)3)17(26)21-12(9-24)19(28)29/h10-15,24H,5-9,20H2,1-4H3,(H,21,26)(H,22,25)(H,28,29). The van der Waals surface area contributed by atoms with E-state index in [1.165, 1.54) is 4.90 Å². The van der Waals surface area contributed by atoms with Gasteiger partial charge in [-0.15, -0.1) is 0 Å². The lowest BCUT2D eigenvalue weighted by atomic mass is 9.98. The Bertz CT molecular complexity index is 612. The highest BCUT2D eigenvalue weighted by molar-refractivity contribution is 5.94. The Morgan fingerprint density at radius 3 is 2.28 bits per heavy atom. The first-order chi connectivity index (χ1) is 13.5. The van der Waals surface area contributed by atoms with Crippen molar-refractivity contribution in [2.45, 2.75) is 71.1 Å². The van der Waals surface area contributed by atoms with Gasteiger partial charge in [-0.25, -0.2) is 4.79 Å². The summed E-state index contributed by atoms with van der Waals surface area (Å²) in [5.74, 6) is -3.19. The summed E-state index contributed by atoms with van der Waals surface area (Å²) in [6.45, 7) is 6.89. The van der Waals surface area contributed by atoms with E-state index in [-0.39, 0.29) is 17.7 Å². The number of carboxylic acid groups (broad SMARTS) is 1. The predicted octanol–water partition coefficient (Wildman–Crippen LogP) is -0.947. The van der Waals surface area contributed by atoms with Gasteiger partial charge in [0.15, 0.2) is 0 Å². The lowest BCUT2D eigenvalue weighted by Crippen LogP contribution is -2.58. The number of carbonyl (C=O) groups excluding carboxylic acids is 3. The molecule has 1 heterocycles. The fourth-order valence-electron chi connectivity index (χ4n) is 3.22. The van der Waals surface area contributed by atoms with Crippen LogP contribution in [0.5, 0.6) is 0 Å². The summed E-state index contributed by atoms with van der Waals surface area (Å²) in [7, 11) is 0. The number of carboxylic acids is 1. The van der Waals surface area contributed by atoms with Gasteiger partial charge in [-0.1, -0.05) is 34.1 Å². The number of amides is 3. The van der Waals surface area contributed by atoms with E-state index < -0.39 is 48.6 Å². The molecular weight excluding hydrogens is 380 g/mol. The quantitative estimate of drug-likeness (QED) is 0.308. The average Bonchev–Trinajstić information content (AvgIpc) is 3.17. The maximum absolute atomic E-state index is 12.8. The Morgan fingerprint density at radius 1 is 1.17 bits per heavy atom. The monoisotopic (exact) mass is 414 g/mol. The summed E-state index contributed by atoms with van der Waals surface area (Å²) >= 11 is 0. The molecule has 0 aromatic heterocycles. The topological polar surface area (TPSA) is 162 Å². The molecule has 10 nitrogen and oxygen atoms in total. The van der Waals surface area contributed by atoms with Gasteiger partial charge in [-0.05, 0) is 24.7 Å². The van der Waals surface area contributed by atoms with Crippen LogP contribution in [0.3, 0.4) is 0 Å². The first kappa shape index (κ1) is 24.8. The number of hydrogen-bond donors (Lipinski definition) is 5. The Balaban J connectivity index is 2.87. The zero-order valence-corrected chi connectivity index (χ0v) is 17.6. The summed E-state index contributed by atoms with van der Waals surface area (Å²) in [6, 6.07) is -3.88. The van der Waals surface area contributed by atoms with Gasteiger partial charge in [0.25, 0.3) is 0 Å². The average molecular weight is 415 g/mol. The number of aliphatic hydroxyl groups excluding tert-OH is 1. The number of aliphatic carboxylic acids is 1. The van der Waals surface area contributed by atoms with Crippen molar-refractivity contribution in [3.05, 3.63) is 0 Å². The number of hydrogen-bond acceptors (Lipinski definition) is 6. The molecular formula is C19H34N4O6. The number of nitrogens with two attached hydrogens (primary N) is 1. The third kappa shape index (κ3) is 6.40. The van der Waals surface area contributed by atoms with Gasteiger partial charge < -0.3 is 31.5 Å². The van der Waals surface area contributed by atoms with Crippen LogP contribution in [-0.4, -0.2) is 76.1 Å². The third-order valence-electron chi connectivity index (χ3n) is 5.42. The van der Waals surface area contributed by atoms with Crippen LogP contribution in [0.15, 0.2) is 0 Å². The minimum atomic E-state index is -1.46. The van der Waals surface area contributed by atoms with E-state index in [4.69, 9.17) is 15.9 Å². The highest BCUT2D eigenvalue weighted by Crippen LogP contribution is 2.21. The minimum Gasteiger partial charge on any atom is -0.480 e. The molecule has 0 aliphatic carbocycles. The van der Waals surface area contributed by atoms with Crippen LogP contribution >= 0.6 is 0 Å². The molecule has 1 aliphatic rings. The van der Waals surface area contributed by atoms with Crippen LogP contribution < -0.4 is 16.4 Å². The molecule has 0 aromatic rings. The Labute approximate surface area is 171 Å². The summed E-state index contributed by atoms with van der Waals surface area (Å²) in [6.07, 6.45) is 1.86. The van der Waals surface area contributed by atoms with Crippen molar-refractivity contribution in [2.24, 2.45) is 17.6 Å². The highest BCUT2D eigenvalue weighted by Gasteiger charge is 2.39. The predicted molar refractivity (Wildman–Crippen MR) is 106 cm³/mol. The van der Waals surface area contributed by atoms with Crippen molar-refractivity contribution in [2.75, 3.05) is 13.2 Å². The normalized spacial score (nSPS) is 20.7. The third-order valence-corrected chi connectivity index (χ3v) is 5.42. The Morgan fingerprint density at radius 2 is 1.79 bits per heavy atom. The van der Waals surface area contributed by atoms with Gasteiger partial charge in [0.1, 0.15) is 18.1 Å². The zero-order valence-electron chi connectivity index (χ0n) is 17.6. The van der Waals surface area contributed by atoms with Crippen LogP contribution in [0.25, 0.3) is 0 Å². The maximum Gasteiger partial charge on any atom is 0.328 e. The second-order valence-electron chi connectivity index (χ2n) is 7.91. The molecule has 1 rings (SSSR count). The second-order valence-corrected chi connectivity index (χ2v) is 7.91. The van der Waals surface area contributed by atoms with E-state index in [9.17, 15) is 19.2 Å². The molecule has 1 fully saturated rings. The van der Waals surface area contributed by atoms with Gasteiger partial charge in [-0.3, -0.25) is 14.4 Å². The smallest absolute Gasteiger partial charge is 0.328 e. The number of nitrogens with one attached hydrogen (secondary N) is 2. The van der Waals surface area contributed by atoms with E-state index in [0.29, 0.717) is 19.4 Å². The molecule has 1 saturated heterocycles. The van der Waals surface area contributed by atoms with Gasteiger partial charge in [0, 0.05) is 6.54 Å². The van der Waals surface area contributed by atoms with Gasteiger partial charge >= 0.3 is 5.97 Å². The number of aliphatic hydroxyl groups is 1. The summed E-state index contributed by atoms with van der Waals surface area (Å²) < 4.78 is 0. The fraction of sp³-hybridized carbons (Fsp3) is 0.789. The fourth-order valence-corrected chi connectivity index (χ4v) is 3.22. The van der Waals surface area contributed by atoms with Gasteiger partial charge in [0.2, 0.25) is 17.7 Å². The molecule has 1 aliphatic heterocycles. The van der Waals surface area contributed by atoms with Crippen molar-refractivity contribution in [3.63, 3.8) is 0 Å². The second kappa shape index (κ2) is 11.1. The maximum atomic E-state index is 12.8. The van der Waals surface area contributed by atoms with Crippen LogP contribution in [0.4, 0.5) is 0 Å². The van der Waals surface area contributed by atoms with E-state index in [1.807, 2.05) is 13.8 Å². The molecule has 5 atom stereocenters. The minimum absolute atomic E-state index is 0.0209. The molecule has 0 aromatic carbocycles. The van der Waals surface area contributed by atoms with Crippen molar-refractivity contribution < 1.29 is 29.4 Å². The molecule has 0 spiro atoms. The van der Waals surface area contributed by atoms with Crippen LogP contribution in [0.1, 0.15) is 47.0 Å². The Kier molecular flexibility index (Phi) is 9.51. The van der Waals surface area contributed by atoms with Crippen molar-refractivity contribution in [1.29, 1.82) is 0 Å². The van der Waals surface area contributed by atoms with Gasteiger partial charge in [0.05, 0.1) is 12.6 Å². The van der Waals surface area contributed by atoms with Crippen LogP contribution in [0, 0.1) is 11.8 Å². The molecule has 6 N–H and O–H groups in total. The summed E-state index contributed by atoms with van der Waals surface area (Å²) in [4.78, 5) is 50.5. The molecule has 10 heteroatoms. The molecule has 3 amide bonds. The van der Waals surface area contributed by atoms with Crippen LogP contribution in [0.2, 0.25) is 0 Å². The van der Waals surface area contributed by atoms with Crippen molar-refractivity contribution in [1.82, 2.24) is 15.5 Å². The van der Waals surface area contributed by atoms with E-state index in [0.717, 1.165) is 6.42 Å². The van der Waals surface area contributed by atoms with Crippen LogP contribution in [-0.2, 0) is 19.2 Å². The molecule has 0 saturated carbocycles. The number of carbonyl (C=O) groups is 4. The van der Waals surface area contributed by atoms with Crippen molar-refractivity contribution >= 4 is 23.7 Å². The van der Waals surface area contributed by atoms with E-state index in [1.54, 1.807) is 13.8 Å². The molecule has 0 radical (unpaired) electrons. The van der Waals surface area contributed by atoms with E-state index >= 15 is 0 Å². The van der Waals surface area contributed by atoms with E-state index in [2.05, 4.69) is 10.6 Å². The molecule has 0 bridgehead atoms. The highest BCUT2D eigenvalue weighted by atomic mass is 16.4. The molecule has 5 unspecified atom stereocenters. The number of rotatable bonds is 10. The first-order valence-electron chi connectivity index (χ1n) is 10.1. The first-order valence-corrected chi connectivity index (χ1v) is 10.1. The summed E-state index contributed by atoms with van der Waals surface area (Å²) in [5, 5.41) is 22.9. The lowest BCUT2D eigenvalue weighted by Gasteiger charge is -2.30. The lowest BCUT2D eigenvalue weighted by molar-refractivity contribution is -0.144. The summed E-state index contributed by atoms with van der Waals surface area (Å²) in [5.41, 5.74) is 6.04. The number of nitrogens with zero attached hydrogens (tertiary/aromatic N) is 1. The number of likely N-dealkylation sites (tertiary alicyclic amines) is 1. The molecule has 166 valence electrons. The van der Waals surface area contributed by atoms with Gasteiger partial charge in [-0.2, -0.15) is 0 Å². The SMILES string of the molecule is CCC(C)C(N)C(=O)N1CCCC1C(=O)NC(C(=O)NC(CO)C(=O)O)C(C)C.